The molecule has 4 nitrogen and oxygen atoms in total. The van der Waals surface area contributed by atoms with Crippen molar-refractivity contribution in [1.82, 2.24) is 0 Å². The lowest BCUT2D eigenvalue weighted by molar-refractivity contribution is -0.144. The number of carbonyl (C=O) groups excluding carboxylic acids is 2. The highest BCUT2D eigenvalue weighted by Gasteiger charge is 2.08. The van der Waals surface area contributed by atoms with Crippen LogP contribution in [-0.4, -0.2) is 25.2 Å². The number of hydrogen-bond acceptors (Lipinski definition) is 4. The average molecular weight is 763 g/mol. The van der Waals surface area contributed by atoms with Gasteiger partial charge in [0.25, 0.3) is 0 Å². The van der Waals surface area contributed by atoms with Gasteiger partial charge in [-0.25, -0.2) is 0 Å². The molecule has 54 heavy (non-hydrogen) atoms. The van der Waals surface area contributed by atoms with Crippen molar-refractivity contribution >= 4 is 11.9 Å². The van der Waals surface area contributed by atoms with E-state index in [-0.39, 0.29) is 11.9 Å². The van der Waals surface area contributed by atoms with Crippen molar-refractivity contribution in [1.29, 1.82) is 0 Å². The van der Waals surface area contributed by atoms with Crippen LogP contribution >= 0.6 is 0 Å². The van der Waals surface area contributed by atoms with E-state index in [1.165, 1.54) is 218 Å². The molecule has 0 rings (SSSR count). The highest BCUT2D eigenvalue weighted by atomic mass is 16.5. The van der Waals surface area contributed by atoms with Crippen LogP contribution in [0.3, 0.4) is 0 Å². The van der Waals surface area contributed by atoms with Gasteiger partial charge in [-0.05, 0) is 37.5 Å². The lowest BCUT2D eigenvalue weighted by atomic mass is 9.91. The predicted octanol–water partition coefficient (Wildman–Crippen LogP) is 17.0. The first kappa shape index (κ1) is 52.9. The fourth-order valence-corrected chi connectivity index (χ4v) is 7.85. The normalized spacial score (nSPS) is 12.6. The number of rotatable bonds is 45. The maximum atomic E-state index is 12.0. The average Bonchev–Trinajstić information content (AvgIpc) is 3.16. The molecule has 0 aromatic heterocycles. The molecular formula is C50H98O4. The summed E-state index contributed by atoms with van der Waals surface area (Å²) in [5.41, 5.74) is 0. The first-order valence-electron chi connectivity index (χ1n) is 24.8. The van der Waals surface area contributed by atoms with E-state index in [9.17, 15) is 9.59 Å². The molecule has 322 valence electrons. The second-order valence-corrected chi connectivity index (χ2v) is 17.6. The van der Waals surface area contributed by atoms with E-state index >= 15 is 0 Å². The zero-order valence-electron chi connectivity index (χ0n) is 37.5. The van der Waals surface area contributed by atoms with Crippen LogP contribution in [0.1, 0.15) is 285 Å². The Kier molecular flexibility index (Phi) is 43.8. The van der Waals surface area contributed by atoms with Crippen molar-refractivity contribution in [3.05, 3.63) is 0 Å². The monoisotopic (exact) mass is 763 g/mol. The Hall–Kier alpha value is -1.06. The van der Waals surface area contributed by atoms with E-state index in [0.717, 1.165) is 37.5 Å². The van der Waals surface area contributed by atoms with E-state index < -0.39 is 0 Å². The van der Waals surface area contributed by atoms with Crippen LogP contribution in [-0.2, 0) is 19.1 Å². The minimum Gasteiger partial charge on any atom is -0.466 e. The van der Waals surface area contributed by atoms with Crippen molar-refractivity contribution < 1.29 is 19.1 Å². The van der Waals surface area contributed by atoms with Crippen LogP contribution in [0.4, 0.5) is 0 Å². The molecule has 0 heterocycles. The zero-order valence-corrected chi connectivity index (χ0v) is 37.5. The van der Waals surface area contributed by atoms with Gasteiger partial charge in [0.15, 0.2) is 0 Å². The van der Waals surface area contributed by atoms with Crippen LogP contribution in [0.25, 0.3) is 0 Å². The topological polar surface area (TPSA) is 52.6 Å². The zero-order chi connectivity index (χ0) is 39.4. The van der Waals surface area contributed by atoms with Gasteiger partial charge in [0.1, 0.15) is 0 Å². The summed E-state index contributed by atoms with van der Waals surface area (Å²) in [6, 6.07) is 0. The molecule has 0 fully saturated rings. The largest absolute Gasteiger partial charge is 0.466 e. The third-order valence-corrected chi connectivity index (χ3v) is 11.8. The number of hydrogen-bond donors (Lipinski definition) is 0. The molecule has 0 aromatic rings. The van der Waals surface area contributed by atoms with Crippen LogP contribution in [0, 0.1) is 11.8 Å². The first-order valence-corrected chi connectivity index (χ1v) is 24.8. The molecule has 0 aliphatic heterocycles. The summed E-state index contributed by atoms with van der Waals surface area (Å²) >= 11 is 0. The number of unbranched alkanes of at least 4 members (excludes halogenated alkanes) is 30. The summed E-state index contributed by atoms with van der Waals surface area (Å²) in [4.78, 5) is 24.0. The summed E-state index contributed by atoms with van der Waals surface area (Å²) in [6.07, 6.45) is 50.6. The van der Waals surface area contributed by atoms with Crippen molar-refractivity contribution in [3.63, 3.8) is 0 Å². The molecule has 0 amide bonds. The summed E-state index contributed by atoms with van der Waals surface area (Å²) < 4.78 is 10.9. The lowest BCUT2D eigenvalue weighted by Gasteiger charge is -2.15. The van der Waals surface area contributed by atoms with Gasteiger partial charge in [0.05, 0.1) is 13.2 Å². The summed E-state index contributed by atoms with van der Waals surface area (Å²) in [5, 5.41) is 0. The quantitative estimate of drug-likeness (QED) is 0.0458. The van der Waals surface area contributed by atoms with Gasteiger partial charge in [-0.15, -0.1) is 0 Å². The van der Waals surface area contributed by atoms with Crippen LogP contribution in [0.2, 0.25) is 0 Å². The molecule has 0 bridgehead atoms. The van der Waals surface area contributed by atoms with Crippen molar-refractivity contribution in [3.8, 4) is 0 Å². The first-order chi connectivity index (χ1) is 26.5. The van der Waals surface area contributed by atoms with Gasteiger partial charge in [-0.1, -0.05) is 246 Å². The standard InChI is InChI=1S/C50H98O4/c1-5-7-9-11-13-15-17-19-21-29-35-41-49(51)53-45-37-31-25-23-27-33-39-47(3)43-44-48(4)40-34-28-24-26-32-38-46-54-50(52)42-36-30-22-20-18-16-14-12-10-8-6-2/h47-48H,5-46H2,1-4H3. The number of esters is 2. The maximum Gasteiger partial charge on any atom is 0.305 e. The number of carbonyl (C=O) groups is 2. The fourth-order valence-electron chi connectivity index (χ4n) is 7.85. The fraction of sp³-hybridized carbons (Fsp3) is 0.960. The Bertz CT molecular complexity index is 689. The molecule has 0 spiro atoms. The minimum absolute atomic E-state index is 0.0153. The van der Waals surface area contributed by atoms with Gasteiger partial charge < -0.3 is 9.47 Å². The van der Waals surface area contributed by atoms with E-state index in [0.29, 0.717) is 26.1 Å². The van der Waals surface area contributed by atoms with Crippen molar-refractivity contribution in [2.24, 2.45) is 11.8 Å². The minimum atomic E-state index is 0.0153. The third kappa shape index (κ3) is 43.7. The molecule has 0 N–H and O–H groups in total. The third-order valence-electron chi connectivity index (χ3n) is 11.8. The van der Waals surface area contributed by atoms with Crippen LogP contribution in [0.5, 0.6) is 0 Å². The van der Waals surface area contributed by atoms with Crippen molar-refractivity contribution in [2.45, 2.75) is 285 Å². The van der Waals surface area contributed by atoms with Gasteiger partial charge >= 0.3 is 11.9 Å². The molecule has 0 aliphatic carbocycles. The summed E-state index contributed by atoms with van der Waals surface area (Å²) in [7, 11) is 0. The molecule has 0 radical (unpaired) electrons. The van der Waals surface area contributed by atoms with Gasteiger partial charge in [0, 0.05) is 12.8 Å². The molecule has 0 saturated heterocycles. The second kappa shape index (κ2) is 44.7. The predicted molar refractivity (Wildman–Crippen MR) is 236 cm³/mol. The van der Waals surface area contributed by atoms with Crippen LogP contribution in [0.15, 0.2) is 0 Å². The maximum absolute atomic E-state index is 12.0. The van der Waals surface area contributed by atoms with E-state index in [1.54, 1.807) is 0 Å². The Balaban J connectivity index is 3.37. The summed E-state index contributed by atoms with van der Waals surface area (Å²) in [5.74, 6) is 1.73. The number of ether oxygens (including phenoxy) is 2. The van der Waals surface area contributed by atoms with E-state index in [4.69, 9.17) is 9.47 Å². The summed E-state index contributed by atoms with van der Waals surface area (Å²) in [6.45, 7) is 10.7. The Morgan fingerprint density at radius 1 is 0.315 bits per heavy atom. The highest BCUT2D eigenvalue weighted by Crippen LogP contribution is 2.22. The van der Waals surface area contributed by atoms with Gasteiger partial charge in [-0.2, -0.15) is 0 Å². The lowest BCUT2D eigenvalue weighted by Crippen LogP contribution is -2.05. The van der Waals surface area contributed by atoms with E-state index in [1.807, 2.05) is 0 Å². The van der Waals surface area contributed by atoms with Crippen LogP contribution < -0.4 is 0 Å². The molecule has 0 saturated carbocycles. The molecule has 2 atom stereocenters. The van der Waals surface area contributed by atoms with Gasteiger partial charge in [0.2, 0.25) is 0 Å². The highest BCUT2D eigenvalue weighted by molar-refractivity contribution is 5.69. The molecule has 2 unspecified atom stereocenters. The van der Waals surface area contributed by atoms with Gasteiger partial charge in [-0.3, -0.25) is 9.59 Å². The Morgan fingerprint density at radius 3 is 0.852 bits per heavy atom. The molecular weight excluding hydrogens is 665 g/mol. The van der Waals surface area contributed by atoms with E-state index in [2.05, 4.69) is 27.7 Å². The Labute approximate surface area is 339 Å². The molecule has 0 aromatic carbocycles. The SMILES string of the molecule is CCCCCCCCCCCCCC(=O)OCCCCCCCCC(C)CCC(C)CCCCCCCCOC(=O)CCCCCCCCCCCCC. The second-order valence-electron chi connectivity index (χ2n) is 17.6. The smallest absolute Gasteiger partial charge is 0.305 e. The molecule has 4 heteroatoms. The van der Waals surface area contributed by atoms with Crippen molar-refractivity contribution in [2.75, 3.05) is 13.2 Å². The Morgan fingerprint density at radius 2 is 0.556 bits per heavy atom. The molecule has 0 aliphatic rings.